The van der Waals surface area contributed by atoms with Gasteiger partial charge in [-0.25, -0.2) is 0 Å². The van der Waals surface area contributed by atoms with Crippen LogP contribution >= 0.6 is 12.8 Å². The van der Waals surface area contributed by atoms with E-state index in [-0.39, 0.29) is 0 Å². The number of aromatic nitrogens is 3. The third-order valence-corrected chi connectivity index (χ3v) is 1.87. The highest BCUT2D eigenvalue weighted by molar-refractivity contribution is 7.78. The lowest BCUT2D eigenvalue weighted by atomic mass is 10.3. The van der Waals surface area contributed by atoms with Gasteiger partial charge in [-0.05, 0) is 24.9 Å². The van der Waals surface area contributed by atoms with Crippen molar-refractivity contribution in [1.82, 2.24) is 14.4 Å². The summed E-state index contributed by atoms with van der Waals surface area (Å²) in [6.45, 7) is 0. The maximum absolute atomic E-state index is 4.06. The van der Waals surface area contributed by atoms with Crippen LogP contribution in [0.1, 0.15) is 0 Å². The fraction of sp³-hybridized carbons (Fsp3) is 0. The molecule has 5 heteroatoms. The van der Waals surface area contributed by atoms with Crippen molar-refractivity contribution < 1.29 is 0 Å². The van der Waals surface area contributed by atoms with Crippen LogP contribution in [0.3, 0.4) is 0 Å². The van der Waals surface area contributed by atoms with E-state index in [4.69, 9.17) is 0 Å². The number of rotatable bonds is 2. The summed E-state index contributed by atoms with van der Waals surface area (Å²) in [6.07, 6.45) is 1.61. The number of anilines is 2. The van der Waals surface area contributed by atoms with Crippen molar-refractivity contribution in [2.75, 3.05) is 5.32 Å². The second kappa shape index (κ2) is 3.49. The number of hydrogen-bond acceptors (Lipinski definition) is 4. The zero-order valence-electron chi connectivity index (χ0n) is 6.75. The van der Waals surface area contributed by atoms with E-state index >= 15 is 0 Å². The number of benzene rings is 1. The largest absolute Gasteiger partial charge is 0.338 e. The summed E-state index contributed by atoms with van der Waals surface area (Å²) in [5, 5.41) is 10.5. The molecule has 0 saturated heterocycles. The minimum Gasteiger partial charge on any atom is -0.338 e. The molecule has 0 atom stereocenters. The standard InChI is InChI=1S/C8H8N4S/c13-12-8(6-9-11-12)10-7-4-2-1-3-5-7/h1-6,10,13H. The summed E-state index contributed by atoms with van der Waals surface area (Å²) in [5.74, 6) is 0.745. The van der Waals surface area contributed by atoms with Crippen LogP contribution in [0.5, 0.6) is 0 Å². The van der Waals surface area contributed by atoms with Gasteiger partial charge in [-0.15, -0.1) is 5.10 Å². The number of para-hydroxylation sites is 1. The molecule has 0 fully saturated rings. The lowest BCUT2D eigenvalue weighted by molar-refractivity contribution is 0.899. The summed E-state index contributed by atoms with van der Waals surface area (Å²) >= 11 is 4.06. The van der Waals surface area contributed by atoms with Crippen molar-refractivity contribution in [3.63, 3.8) is 0 Å². The number of hydrogen-bond donors (Lipinski definition) is 2. The molecule has 66 valence electrons. The predicted molar refractivity (Wildman–Crippen MR) is 54.1 cm³/mol. The van der Waals surface area contributed by atoms with E-state index in [0.29, 0.717) is 0 Å². The highest BCUT2D eigenvalue weighted by Crippen LogP contribution is 2.14. The zero-order chi connectivity index (χ0) is 9.10. The topological polar surface area (TPSA) is 42.7 Å². The summed E-state index contributed by atoms with van der Waals surface area (Å²) < 4.78 is 1.38. The third kappa shape index (κ3) is 1.81. The highest BCUT2D eigenvalue weighted by Gasteiger charge is 1.98. The Morgan fingerprint density at radius 2 is 2.00 bits per heavy atom. The Morgan fingerprint density at radius 3 is 2.62 bits per heavy atom. The number of nitrogens with zero attached hydrogens (tertiary/aromatic N) is 3. The second-order valence-corrected chi connectivity index (χ2v) is 2.88. The molecular formula is C8H8N4S. The minimum atomic E-state index is 0.745. The molecular weight excluding hydrogens is 184 g/mol. The van der Waals surface area contributed by atoms with E-state index < -0.39 is 0 Å². The van der Waals surface area contributed by atoms with Gasteiger partial charge >= 0.3 is 0 Å². The highest BCUT2D eigenvalue weighted by atomic mass is 32.1. The van der Waals surface area contributed by atoms with Gasteiger partial charge in [0.15, 0.2) is 5.82 Å². The monoisotopic (exact) mass is 192 g/mol. The molecule has 0 amide bonds. The maximum atomic E-state index is 4.06. The molecule has 0 radical (unpaired) electrons. The molecule has 13 heavy (non-hydrogen) atoms. The smallest absolute Gasteiger partial charge is 0.161 e. The van der Waals surface area contributed by atoms with Crippen LogP contribution < -0.4 is 5.32 Å². The van der Waals surface area contributed by atoms with Crippen LogP contribution in [-0.4, -0.2) is 14.4 Å². The normalized spacial score (nSPS) is 9.92. The van der Waals surface area contributed by atoms with Crippen LogP contribution in [0, 0.1) is 0 Å². The number of nitrogens with one attached hydrogen (secondary N) is 1. The van der Waals surface area contributed by atoms with Crippen LogP contribution in [0.15, 0.2) is 36.5 Å². The van der Waals surface area contributed by atoms with Gasteiger partial charge in [-0.3, -0.25) is 0 Å². The van der Waals surface area contributed by atoms with E-state index in [1.54, 1.807) is 6.20 Å². The number of thiol groups is 1. The molecule has 0 bridgehead atoms. The Kier molecular flexibility index (Phi) is 2.18. The predicted octanol–water partition coefficient (Wildman–Crippen LogP) is 1.71. The fourth-order valence-corrected chi connectivity index (χ4v) is 1.13. The molecule has 0 aliphatic rings. The SMILES string of the molecule is Sn1nncc1Nc1ccccc1. The van der Waals surface area contributed by atoms with Gasteiger partial charge in [-0.1, -0.05) is 23.4 Å². The lowest BCUT2D eigenvalue weighted by Crippen LogP contribution is -1.94. The molecule has 0 saturated carbocycles. The Bertz CT molecular complexity index is 384. The third-order valence-electron chi connectivity index (χ3n) is 1.58. The van der Waals surface area contributed by atoms with Crippen molar-refractivity contribution >= 4 is 24.3 Å². The summed E-state index contributed by atoms with van der Waals surface area (Å²) in [6, 6.07) is 9.78. The molecule has 2 rings (SSSR count). The fourth-order valence-electron chi connectivity index (χ4n) is 0.981. The molecule has 0 aliphatic heterocycles. The van der Waals surface area contributed by atoms with Gasteiger partial charge in [0, 0.05) is 5.69 Å². The van der Waals surface area contributed by atoms with Gasteiger partial charge < -0.3 is 5.32 Å². The summed E-state index contributed by atoms with van der Waals surface area (Å²) in [5.41, 5.74) is 0.986. The van der Waals surface area contributed by atoms with Crippen LogP contribution in [-0.2, 0) is 0 Å². The average Bonchev–Trinajstić information content (AvgIpc) is 2.54. The molecule has 0 unspecified atom stereocenters. The van der Waals surface area contributed by atoms with E-state index in [2.05, 4.69) is 28.4 Å². The Balaban J connectivity index is 2.20. The van der Waals surface area contributed by atoms with Crippen molar-refractivity contribution in [2.24, 2.45) is 0 Å². The minimum absolute atomic E-state index is 0.745. The quantitative estimate of drug-likeness (QED) is 0.712. The summed E-state index contributed by atoms with van der Waals surface area (Å²) in [4.78, 5) is 0. The summed E-state index contributed by atoms with van der Waals surface area (Å²) in [7, 11) is 0. The molecule has 1 aromatic carbocycles. The molecule has 2 aromatic rings. The second-order valence-electron chi connectivity index (χ2n) is 2.50. The first-order valence-electron chi connectivity index (χ1n) is 3.78. The molecule has 0 aliphatic carbocycles. The van der Waals surface area contributed by atoms with Gasteiger partial charge in [0.1, 0.15) is 0 Å². The van der Waals surface area contributed by atoms with Crippen LogP contribution in [0.4, 0.5) is 11.5 Å². The van der Waals surface area contributed by atoms with Crippen LogP contribution in [0.25, 0.3) is 0 Å². The Morgan fingerprint density at radius 1 is 1.23 bits per heavy atom. The lowest BCUT2D eigenvalue weighted by Gasteiger charge is -2.02. The van der Waals surface area contributed by atoms with Crippen molar-refractivity contribution in [3.05, 3.63) is 36.5 Å². The van der Waals surface area contributed by atoms with Gasteiger partial charge in [0.05, 0.1) is 6.20 Å². The molecule has 1 N–H and O–H groups in total. The molecule has 0 spiro atoms. The Hall–Kier alpha value is -1.49. The van der Waals surface area contributed by atoms with Gasteiger partial charge in [-0.2, -0.15) is 4.09 Å². The maximum Gasteiger partial charge on any atom is 0.161 e. The molecule has 1 heterocycles. The first kappa shape index (κ1) is 8.12. The van der Waals surface area contributed by atoms with Gasteiger partial charge in [0.25, 0.3) is 0 Å². The molecule has 4 nitrogen and oxygen atoms in total. The van der Waals surface area contributed by atoms with Crippen molar-refractivity contribution in [3.8, 4) is 0 Å². The van der Waals surface area contributed by atoms with Gasteiger partial charge in [0.2, 0.25) is 0 Å². The van der Waals surface area contributed by atoms with E-state index in [0.717, 1.165) is 11.5 Å². The molecule has 1 aromatic heterocycles. The van der Waals surface area contributed by atoms with Crippen molar-refractivity contribution in [2.45, 2.75) is 0 Å². The average molecular weight is 192 g/mol. The van der Waals surface area contributed by atoms with E-state index in [9.17, 15) is 0 Å². The van der Waals surface area contributed by atoms with Crippen LogP contribution in [0.2, 0.25) is 0 Å². The van der Waals surface area contributed by atoms with Crippen molar-refractivity contribution in [1.29, 1.82) is 0 Å². The van der Waals surface area contributed by atoms with E-state index in [1.807, 2.05) is 30.3 Å². The first-order valence-corrected chi connectivity index (χ1v) is 4.18. The Labute approximate surface area is 81.1 Å². The van der Waals surface area contributed by atoms with E-state index in [1.165, 1.54) is 4.09 Å². The zero-order valence-corrected chi connectivity index (χ0v) is 7.65. The first-order chi connectivity index (χ1) is 6.36.